The Morgan fingerprint density at radius 3 is 2.58 bits per heavy atom. The van der Waals surface area contributed by atoms with Crippen LogP contribution in [0.15, 0.2) is 18.2 Å². The van der Waals surface area contributed by atoms with Gasteiger partial charge in [-0.3, -0.25) is 0 Å². The highest BCUT2D eigenvalue weighted by Gasteiger charge is 2.24. The van der Waals surface area contributed by atoms with Crippen molar-refractivity contribution in [3.8, 4) is 11.5 Å². The Hall–Kier alpha value is -1.42. The molecule has 0 fully saturated rings. The van der Waals surface area contributed by atoms with E-state index < -0.39 is 0 Å². The van der Waals surface area contributed by atoms with E-state index in [1.54, 1.807) is 0 Å². The third-order valence-electron chi connectivity index (χ3n) is 3.75. The maximum absolute atomic E-state index is 9.16. The zero-order valence-corrected chi connectivity index (χ0v) is 12.0. The summed E-state index contributed by atoms with van der Waals surface area (Å²) in [6.45, 7) is 5.82. The molecule has 1 aromatic rings. The van der Waals surface area contributed by atoms with E-state index in [0.717, 1.165) is 30.0 Å². The fraction of sp³-hybridized carbons (Fsp3) is 0.600. The van der Waals surface area contributed by atoms with Gasteiger partial charge < -0.3 is 19.5 Å². The Morgan fingerprint density at radius 2 is 1.89 bits per heavy atom. The van der Waals surface area contributed by atoms with Gasteiger partial charge in [-0.25, -0.2) is 0 Å². The average Bonchev–Trinajstić information content (AvgIpc) is 2.61. The molecule has 0 radical (unpaired) electrons. The zero-order chi connectivity index (χ0) is 13.9. The molecular weight excluding hydrogens is 242 g/mol. The first-order valence-corrected chi connectivity index (χ1v) is 6.79. The summed E-state index contributed by atoms with van der Waals surface area (Å²) in [4.78, 5) is 2.16. The molecule has 106 valence electrons. The first kappa shape index (κ1) is 14.0. The van der Waals surface area contributed by atoms with Crippen LogP contribution < -0.4 is 14.4 Å². The maximum Gasteiger partial charge on any atom is 0.163 e. The van der Waals surface area contributed by atoms with Crippen LogP contribution in [0.1, 0.15) is 26.7 Å². The Labute approximate surface area is 114 Å². The van der Waals surface area contributed by atoms with Gasteiger partial charge in [0.2, 0.25) is 0 Å². The van der Waals surface area contributed by atoms with Crippen molar-refractivity contribution in [3.63, 3.8) is 0 Å². The summed E-state index contributed by atoms with van der Waals surface area (Å²) in [5.41, 5.74) is 0.969. The van der Waals surface area contributed by atoms with Crippen molar-refractivity contribution >= 4 is 5.69 Å². The van der Waals surface area contributed by atoms with Gasteiger partial charge in [-0.2, -0.15) is 0 Å². The Balaban J connectivity index is 2.23. The molecule has 1 aliphatic rings. The van der Waals surface area contributed by atoms with E-state index in [1.165, 1.54) is 0 Å². The van der Waals surface area contributed by atoms with Crippen molar-refractivity contribution in [1.82, 2.24) is 0 Å². The largest absolute Gasteiger partial charge is 0.490 e. The summed E-state index contributed by atoms with van der Waals surface area (Å²) in [5, 5.41) is 9.16. The quantitative estimate of drug-likeness (QED) is 0.908. The highest BCUT2D eigenvalue weighted by atomic mass is 16.5. The summed E-state index contributed by atoms with van der Waals surface area (Å²) >= 11 is 0. The van der Waals surface area contributed by atoms with E-state index in [4.69, 9.17) is 14.6 Å². The van der Waals surface area contributed by atoms with Gasteiger partial charge in [0.15, 0.2) is 11.5 Å². The van der Waals surface area contributed by atoms with E-state index in [2.05, 4.69) is 18.7 Å². The van der Waals surface area contributed by atoms with Gasteiger partial charge in [0, 0.05) is 37.4 Å². The second kappa shape index (κ2) is 5.70. The first-order chi connectivity index (χ1) is 9.04. The standard InChI is InChI=1S/C15H23NO3/c1-15(2,7-8-17)16(3)12-5-6-13-14(11-12)19-10-4-9-18-13/h5-6,11,17H,4,7-10H2,1-3H3. The topological polar surface area (TPSA) is 41.9 Å². The first-order valence-electron chi connectivity index (χ1n) is 6.79. The van der Waals surface area contributed by atoms with Crippen LogP contribution in [0.4, 0.5) is 5.69 Å². The Morgan fingerprint density at radius 1 is 1.21 bits per heavy atom. The number of benzene rings is 1. The van der Waals surface area contributed by atoms with Gasteiger partial charge in [0.25, 0.3) is 0 Å². The number of anilines is 1. The van der Waals surface area contributed by atoms with Crippen LogP contribution in [0.5, 0.6) is 11.5 Å². The second-order valence-electron chi connectivity index (χ2n) is 5.53. The van der Waals surface area contributed by atoms with Crippen molar-refractivity contribution in [2.45, 2.75) is 32.2 Å². The van der Waals surface area contributed by atoms with E-state index in [-0.39, 0.29) is 12.1 Å². The molecule has 0 aliphatic carbocycles. The predicted molar refractivity (Wildman–Crippen MR) is 76.2 cm³/mol. The molecule has 4 nitrogen and oxygen atoms in total. The molecule has 4 heteroatoms. The summed E-state index contributed by atoms with van der Waals surface area (Å²) in [5.74, 6) is 1.62. The molecule has 0 aromatic heterocycles. The minimum Gasteiger partial charge on any atom is -0.490 e. The highest BCUT2D eigenvalue weighted by molar-refractivity contribution is 5.57. The second-order valence-corrected chi connectivity index (χ2v) is 5.53. The van der Waals surface area contributed by atoms with E-state index in [1.807, 2.05) is 25.2 Å². The molecule has 1 aliphatic heterocycles. The van der Waals surface area contributed by atoms with E-state index in [0.29, 0.717) is 13.2 Å². The average molecular weight is 265 g/mol. The monoisotopic (exact) mass is 265 g/mol. The number of ether oxygens (including phenoxy) is 2. The lowest BCUT2D eigenvalue weighted by Gasteiger charge is -2.37. The van der Waals surface area contributed by atoms with Gasteiger partial charge in [-0.05, 0) is 32.4 Å². The molecule has 0 spiro atoms. The van der Waals surface area contributed by atoms with Gasteiger partial charge in [0.1, 0.15) is 0 Å². The molecule has 19 heavy (non-hydrogen) atoms. The SMILES string of the molecule is CN(c1ccc2c(c1)OCCCO2)C(C)(C)CCO. The normalized spacial score (nSPS) is 14.9. The molecule has 0 saturated heterocycles. The van der Waals surface area contributed by atoms with Crippen LogP contribution in [0.2, 0.25) is 0 Å². The molecule has 0 atom stereocenters. The molecular formula is C15H23NO3. The van der Waals surface area contributed by atoms with Gasteiger partial charge in [0.05, 0.1) is 13.2 Å². The predicted octanol–water partition coefficient (Wildman–Crippen LogP) is 2.45. The van der Waals surface area contributed by atoms with Crippen LogP contribution in [0.3, 0.4) is 0 Å². The third kappa shape index (κ3) is 3.13. The summed E-state index contributed by atoms with van der Waals surface area (Å²) in [6.07, 6.45) is 1.63. The minimum atomic E-state index is -0.103. The van der Waals surface area contributed by atoms with Gasteiger partial charge in [-0.1, -0.05) is 0 Å². The lowest BCUT2D eigenvalue weighted by atomic mass is 9.98. The number of rotatable bonds is 4. The van der Waals surface area contributed by atoms with Crippen LogP contribution >= 0.6 is 0 Å². The van der Waals surface area contributed by atoms with E-state index in [9.17, 15) is 0 Å². The summed E-state index contributed by atoms with van der Waals surface area (Å²) in [7, 11) is 2.04. The number of aliphatic hydroxyl groups is 1. The summed E-state index contributed by atoms with van der Waals surface area (Å²) in [6, 6.07) is 6.01. The highest BCUT2D eigenvalue weighted by Crippen LogP contribution is 2.35. The maximum atomic E-state index is 9.16. The molecule has 0 amide bonds. The van der Waals surface area contributed by atoms with Crippen molar-refractivity contribution in [3.05, 3.63) is 18.2 Å². The lowest BCUT2D eigenvalue weighted by molar-refractivity contribution is 0.250. The zero-order valence-electron chi connectivity index (χ0n) is 12.0. The minimum absolute atomic E-state index is 0.103. The Bertz CT molecular complexity index is 431. The number of hydrogen-bond acceptors (Lipinski definition) is 4. The smallest absolute Gasteiger partial charge is 0.163 e. The van der Waals surface area contributed by atoms with Crippen LogP contribution in [-0.4, -0.2) is 37.5 Å². The fourth-order valence-electron chi connectivity index (χ4n) is 2.15. The van der Waals surface area contributed by atoms with E-state index >= 15 is 0 Å². The third-order valence-corrected chi connectivity index (χ3v) is 3.75. The van der Waals surface area contributed by atoms with Gasteiger partial charge in [-0.15, -0.1) is 0 Å². The number of nitrogens with zero attached hydrogens (tertiary/aromatic N) is 1. The Kier molecular flexibility index (Phi) is 4.20. The molecule has 0 saturated carbocycles. The van der Waals surface area contributed by atoms with Crippen LogP contribution in [-0.2, 0) is 0 Å². The van der Waals surface area contributed by atoms with Crippen molar-refractivity contribution in [2.24, 2.45) is 0 Å². The van der Waals surface area contributed by atoms with Crippen LogP contribution in [0.25, 0.3) is 0 Å². The number of fused-ring (bicyclic) bond motifs is 1. The number of hydrogen-bond donors (Lipinski definition) is 1. The van der Waals surface area contributed by atoms with Crippen LogP contribution in [0, 0.1) is 0 Å². The molecule has 0 unspecified atom stereocenters. The molecule has 1 aromatic carbocycles. The van der Waals surface area contributed by atoms with Gasteiger partial charge >= 0.3 is 0 Å². The van der Waals surface area contributed by atoms with Crippen molar-refractivity contribution in [2.75, 3.05) is 31.8 Å². The number of aliphatic hydroxyl groups excluding tert-OH is 1. The van der Waals surface area contributed by atoms with Crippen molar-refractivity contribution < 1.29 is 14.6 Å². The fourth-order valence-corrected chi connectivity index (χ4v) is 2.15. The summed E-state index contributed by atoms with van der Waals surface area (Å²) < 4.78 is 11.3. The molecule has 0 bridgehead atoms. The lowest BCUT2D eigenvalue weighted by Crippen LogP contribution is -2.41. The molecule has 1 heterocycles. The van der Waals surface area contributed by atoms with Crippen molar-refractivity contribution in [1.29, 1.82) is 0 Å². The molecule has 1 N–H and O–H groups in total. The molecule has 2 rings (SSSR count).